The van der Waals surface area contributed by atoms with Crippen LogP contribution < -0.4 is 4.90 Å². The van der Waals surface area contributed by atoms with Crippen LogP contribution in [0.5, 0.6) is 0 Å². The van der Waals surface area contributed by atoms with Gasteiger partial charge >= 0.3 is 0 Å². The van der Waals surface area contributed by atoms with Crippen molar-refractivity contribution in [3.63, 3.8) is 0 Å². The lowest BCUT2D eigenvalue weighted by Gasteiger charge is -2.42. The molecule has 2 aromatic heterocycles. The summed E-state index contributed by atoms with van der Waals surface area (Å²) in [7, 11) is -3.55. The van der Waals surface area contributed by atoms with Crippen LogP contribution in [0.15, 0.2) is 59.8 Å². The van der Waals surface area contributed by atoms with E-state index in [4.69, 9.17) is 0 Å². The highest BCUT2D eigenvalue weighted by atomic mass is 32.2. The molecule has 188 valence electrons. The zero-order valence-corrected chi connectivity index (χ0v) is 21.2. The molecular weight excluding hydrogens is 479 g/mol. The first kappa shape index (κ1) is 23.2. The molecule has 0 N–H and O–H groups in total. The topological polar surface area (TPSA) is 76.3 Å². The minimum Gasteiger partial charge on any atom is -0.368 e. The molecule has 10 heteroatoms. The van der Waals surface area contributed by atoms with E-state index in [-0.39, 0.29) is 11.4 Å². The molecule has 36 heavy (non-hydrogen) atoms. The van der Waals surface area contributed by atoms with E-state index in [1.165, 1.54) is 12.1 Å². The van der Waals surface area contributed by atoms with Crippen LogP contribution >= 0.6 is 0 Å². The summed E-state index contributed by atoms with van der Waals surface area (Å²) in [5, 5.41) is 8.65. The van der Waals surface area contributed by atoms with Crippen molar-refractivity contribution in [1.82, 2.24) is 23.9 Å². The number of piperazine rings is 1. The summed E-state index contributed by atoms with van der Waals surface area (Å²) < 4.78 is 45.9. The molecule has 2 aliphatic rings. The molecule has 0 bridgehead atoms. The van der Waals surface area contributed by atoms with Gasteiger partial charge in [-0.1, -0.05) is 12.1 Å². The second kappa shape index (κ2) is 8.41. The van der Waals surface area contributed by atoms with Crippen molar-refractivity contribution in [2.45, 2.75) is 50.1 Å². The third-order valence-corrected chi connectivity index (χ3v) is 9.37. The maximum atomic E-state index is 13.6. The zero-order valence-electron chi connectivity index (χ0n) is 20.4. The van der Waals surface area contributed by atoms with Crippen LogP contribution in [0.25, 0.3) is 16.7 Å². The highest BCUT2D eigenvalue weighted by molar-refractivity contribution is 7.89. The molecule has 4 aromatic rings. The molecular formula is C26H29FN6O2S. The Morgan fingerprint density at radius 2 is 1.86 bits per heavy atom. The van der Waals surface area contributed by atoms with Crippen molar-refractivity contribution in [1.29, 1.82) is 0 Å². The number of sulfonamides is 1. The van der Waals surface area contributed by atoms with Gasteiger partial charge in [-0.05, 0) is 74.2 Å². The lowest BCUT2D eigenvalue weighted by molar-refractivity contribution is 0.271. The summed E-state index contributed by atoms with van der Waals surface area (Å²) >= 11 is 0. The molecule has 6 rings (SSSR count). The normalized spacial score (nSPS) is 17.8. The van der Waals surface area contributed by atoms with Crippen molar-refractivity contribution in [2.75, 3.05) is 24.5 Å². The van der Waals surface area contributed by atoms with Crippen LogP contribution in [0.4, 0.5) is 10.1 Å². The van der Waals surface area contributed by atoms with E-state index >= 15 is 0 Å². The van der Waals surface area contributed by atoms with Gasteiger partial charge < -0.3 is 9.47 Å². The molecule has 1 aliphatic heterocycles. The molecule has 0 radical (unpaired) electrons. The van der Waals surface area contributed by atoms with E-state index in [1.54, 1.807) is 33.4 Å². The number of halogens is 1. The average Bonchev–Trinajstić information content (AvgIpc) is 3.26. The summed E-state index contributed by atoms with van der Waals surface area (Å²) in [6.07, 6.45) is 6.28. The number of rotatable bonds is 6. The number of hydrogen-bond acceptors (Lipinski definition) is 5. The Balaban J connectivity index is 1.27. The Labute approximate surface area is 210 Å². The molecule has 0 atom stereocenters. The van der Waals surface area contributed by atoms with Gasteiger partial charge in [-0.25, -0.2) is 17.5 Å². The van der Waals surface area contributed by atoms with Gasteiger partial charge in [-0.15, -0.1) is 5.10 Å². The standard InChI is InChI=1S/C26H29FN6O2S/c1-3-11-30-12-8-22(17-30)36(34,35)32-14-13-31(18-26(32)9-10-26)24-16-23-25(15-19(24)2)33(29-28-23)21-6-4-20(27)5-7-21/h4-8,12,15-17H,3,9-11,13-14,18H2,1-2H3. The lowest BCUT2D eigenvalue weighted by Crippen LogP contribution is -2.57. The Morgan fingerprint density at radius 3 is 2.58 bits per heavy atom. The third-order valence-electron chi connectivity index (χ3n) is 7.38. The molecule has 1 spiro atoms. The van der Waals surface area contributed by atoms with Gasteiger partial charge in [0.15, 0.2) is 0 Å². The minimum atomic E-state index is -3.55. The van der Waals surface area contributed by atoms with Crippen molar-refractivity contribution in [3.8, 4) is 5.69 Å². The van der Waals surface area contributed by atoms with Gasteiger partial charge in [0.25, 0.3) is 0 Å². The molecule has 2 aromatic carbocycles. The fraction of sp³-hybridized carbons (Fsp3) is 0.385. The largest absolute Gasteiger partial charge is 0.368 e. The molecule has 1 aliphatic carbocycles. The van der Waals surface area contributed by atoms with Crippen molar-refractivity contribution < 1.29 is 12.8 Å². The van der Waals surface area contributed by atoms with Crippen LogP contribution in [0.3, 0.4) is 0 Å². The predicted molar refractivity (Wildman–Crippen MR) is 136 cm³/mol. The van der Waals surface area contributed by atoms with Crippen LogP contribution in [-0.2, 0) is 16.6 Å². The number of nitrogens with zero attached hydrogens (tertiary/aromatic N) is 6. The van der Waals surface area contributed by atoms with Crippen molar-refractivity contribution in [2.24, 2.45) is 0 Å². The first-order chi connectivity index (χ1) is 17.3. The molecule has 2 fully saturated rings. The SMILES string of the molecule is CCCn1ccc(S(=O)(=O)N2CCN(c3cc4nnn(-c5ccc(F)cc5)c4cc3C)CC23CC3)c1. The fourth-order valence-corrected chi connectivity index (χ4v) is 7.19. The van der Waals surface area contributed by atoms with Crippen LogP contribution in [0, 0.1) is 12.7 Å². The molecule has 8 nitrogen and oxygen atoms in total. The van der Waals surface area contributed by atoms with Gasteiger partial charge in [0, 0.05) is 44.3 Å². The van der Waals surface area contributed by atoms with E-state index in [1.807, 2.05) is 22.9 Å². The maximum absolute atomic E-state index is 13.6. The van der Waals surface area contributed by atoms with E-state index in [9.17, 15) is 12.8 Å². The number of aromatic nitrogens is 4. The van der Waals surface area contributed by atoms with Gasteiger partial charge in [-0.2, -0.15) is 4.31 Å². The lowest BCUT2D eigenvalue weighted by atomic mass is 10.1. The Morgan fingerprint density at radius 1 is 1.08 bits per heavy atom. The van der Waals surface area contributed by atoms with E-state index in [2.05, 4.69) is 29.1 Å². The van der Waals surface area contributed by atoms with Gasteiger partial charge in [0.2, 0.25) is 10.0 Å². The monoisotopic (exact) mass is 508 g/mol. The fourth-order valence-electron chi connectivity index (χ4n) is 5.37. The van der Waals surface area contributed by atoms with E-state index in [0.29, 0.717) is 24.5 Å². The number of benzene rings is 2. The molecule has 3 heterocycles. The second-order valence-electron chi connectivity index (χ2n) is 9.91. The van der Waals surface area contributed by atoms with Crippen LogP contribution in [0.1, 0.15) is 31.7 Å². The zero-order chi connectivity index (χ0) is 25.1. The summed E-state index contributed by atoms with van der Waals surface area (Å²) in [5.74, 6) is -0.296. The van der Waals surface area contributed by atoms with Crippen molar-refractivity contribution in [3.05, 3.63) is 66.2 Å². The van der Waals surface area contributed by atoms with Crippen LogP contribution in [0.2, 0.25) is 0 Å². The van der Waals surface area contributed by atoms with Crippen LogP contribution in [-0.4, -0.2) is 57.5 Å². The Kier molecular flexibility index (Phi) is 5.42. The summed E-state index contributed by atoms with van der Waals surface area (Å²) in [4.78, 5) is 2.66. The second-order valence-corrected chi connectivity index (χ2v) is 11.8. The molecule has 1 saturated carbocycles. The highest BCUT2D eigenvalue weighted by Crippen LogP contribution is 2.48. The minimum absolute atomic E-state index is 0.296. The number of aryl methyl sites for hydroxylation is 2. The van der Waals surface area contributed by atoms with E-state index < -0.39 is 10.0 Å². The average molecular weight is 509 g/mol. The quantitative estimate of drug-likeness (QED) is 0.392. The number of anilines is 1. The summed E-state index contributed by atoms with van der Waals surface area (Å²) in [6, 6.07) is 12.0. The van der Waals surface area contributed by atoms with Gasteiger partial charge in [-0.3, -0.25) is 0 Å². The highest BCUT2D eigenvalue weighted by Gasteiger charge is 2.56. The summed E-state index contributed by atoms with van der Waals surface area (Å²) in [5.41, 5.74) is 4.09. The van der Waals surface area contributed by atoms with E-state index in [0.717, 1.165) is 53.8 Å². The smallest absolute Gasteiger partial charge is 0.245 e. The summed E-state index contributed by atoms with van der Waals surface area (Å²) in [6.45, 7) is 6.64. The molecule has 1 saturated heterocycles. The van der Waals surface area contributed by atoms with Gasteiger partial charge in [0.05, 0.1) is 21.6 Å². The van der Waals surface area contributed by atoms with Crippen molar-refractivity contribution >= 4 is 26.7 Å². The maximum Gasteiger partial charge on any atom is 0.245 e. The molecule has 0 unspecified atom stereocenters. The van der Waals surface area contributed by atoms with Gasteiger partial charge in [0.1, 0.15) is 11.3 Å². The first-order valence-electron chi connectivity index (χ1n) is 12.4. The first-order valence-corrected chi connectivity index (χ1v) is 13.8. The number of hydrogen-bond donors (Lipinski definition) is 0. The Hall–Kier alpha value is -3.24. The number of fused-ring (bicyclic) bond motifs is 1. The predicted octanol–water partition coefficient (Wildman–Crippen LogP) is 4.12. The molecule has 0 amide bonds. The Bertz CT molecular complexity index is 1540. The third kappa shape index (κ3) is 3.79.